The minimum absolute atomic E-state index is 0.103. The van der Waals surface area contributed by atoms with Gasteiger partial charge in [0.15, 0.2) is 17.3 Å². The summed E-state index contributed by atoms with van der Waals surface area (Å²) in [6.45, 7) is 10.2. The summed E-state index contributed by atoms with van der Waals surface area (Å²) in [4.78, 5) is 37.6. The zero-order valence-electron chi connectivity index (χ0n) is 22.4. The Balaban J connectivity index is 2.08. The molecule has 0 aromatic heterocycles. The molecular formula is C26H40O8S2. The molecule has 3 heterocycles. The van der Waals surface area contributed by atoms with Crippen molar-refractivity contribution in [3.8, 4) is 0 Å². The largest absolute Gasteiger partial charge is 0.458 e. The van der Waals surface area contributed by atoms with E-state index < -0.39 is 59.5 Å². The molecule has 0 amide bonds. The zero-order valence-corrected chi connectivity index (χ0v) is 24.1. The monoisotopic (exact) mass is 544 g/mol. The van der Waals surface area contributed by atoms with Crippen LogP contribution in [0.2, 0.25) is 0 Å². The number of thioether (sulfide) groups is 1. The van der Waals surface area contributed by atoms with Crippen LogP contribution in [0, 0.1) is 0 Å². The summed E-state index contributed by atoms with van der Waals surface area (Å²) >= 11 is 1.49. The first kappa shape index (κ1) is 27.8. The van der Waals surface area contributed by atoms with E-state index in [0.717, 1.165) is 17.6 Å². The molecule has 1 unspecified atom stereocenters. The first-order chi connectivity index (χ1) is 16.6. The molecule has 10 heteroatoms. The van der Waals surface area contributed by atoms with E-state index in [4.69, 9.17) is 24.8 Å². The van der Waals surface area contributed by atoms with E-state index in [1.807, 2.05) is 27.0 Å². The fourth-order valence-corrected chi connectivity index (χ4v) is 17.5. The molecule has 0 radical (unpaired) electrons. The molecule has 1 aliphatic carbocycles. The number of esters is 2. The number of fused-ring (bicyclic) bond motifs is 4. The van der Waals surface area contributed by atoms with Crippen molar-refractivity contribution in [3.63, 3.8) is 0 Å². The summed E-state index contributed by atoms with van der Waals surface area (Å²) in [5, 5.41) is 12.2. The minimum Gasteiger partial charge on any atom is -0.458 e. The van der Waals surface area contributed by atoms with Gasteiger partial charge in [-0.25, -0.2) is 0 Å². The van der Waals surface area contributed by atoms with Crippen molar-refractivity contribution in [2.24, 2.45) is 0 Å². The Labute approximate surface area is 217 Å². The van der Waals surface area contributed by atoms with Gasteiger partial charge in [0, 0.05) is 30.8 Å². The van der Waals surface area contributed by atoms with Crippen LogP contribution in [0.1, 0.15) is 60.8 Å². The van der Waals surface area contributed by atoms with Gasteiger partial charge in [0.05, 0.1) is 29.0 Å². The summed E-state index contributed by atoms with van der Waals surface area (Å²) < 4.78 is 21.7. The van der Waals surface area contributed by atoms with E-state index >= 15 is 0 Å². The summed E-state index contributed by atoms with van der Waals surface area (Å²) in [5.41, 5.74) is 0.992. The number of Topliss-reactive ketones (excluding diaryl/α,β-unsaturated/α-hetero) is 1. The van der Waals surface area contributed by atoms with Gasteiger partial charge < -0.3 is 24.1 Å². The second kappa shape index (κ2) is 8.40. The maximum Gasteiger partial charge on any atom is 0.304 e. The summed E-state index contributed by atoms with van der Waals surface area (Å²) in [6.07, 6.45) is 2.37. The van der Waals surface area contributed by atoms with Crippen LogP contribution < -0.4 is 0 Å². The van der Waals surface area contributed by atoms with E-state index in [1.54, 1.807) is 0 Å². The van der Waals surface area contributed by atoms with Crippen molar-refractivity contribution >= 4 is 44.1 Å². The number of carbonyl (C=O) groups excluding carboxylic acids is 3. The highest BCUT2D eigenvalue weighted by Crippen LogP contribution is 2.96. The molecule has 1 spiro atoms. The average Bonchev–Trinajstić information content (AvgIpc) is 2.79. The number of carbonyl (C=O) groups is 3. The topological polar surface area (TPSA) is 108 Å². The fourth-order valence-electron chi connectivity index (χ4n) is 7.97. The average molecular weight is 545 g/mol. The van der Waals surface area contributed by atoms with Gasteiger partial charge in [-0.1, -0.05) is 17.0 Å². The van der Waals surface area contributed by atoms with E-state index in [0.29, 0.717) is 18.8 Å². The lowest BCUT2D eigenvalue weighted by Gasteiger charge is -2.90. The number of ketones is 1. The third-order valence-corrected chi connectivity index (χ3v) is 19.1. The maximum atomic E-state index is 14.4. The summed E-state index contributed by atoms with van der Waals surface area (Å²) in [6, 6.07) is 0. The Morgan fingerprint density at radius 3 is 2.42 bits per heavy atom. The number of ether oxygens (including phenoxy) is 4. The highest BCUT2D eigenvalue weighted by molar-refractivity contribution is 8.51. The van der Waals surface area contributed by atoms with Gasteiger partial charge in [0.25, 0.3) is 0 Å². The number of aliphatic hydroxyl groups is 1. The van der Waals surface area contributed by atoms with Crippen LogP contribution in [0.15, 0.2) is 11.1 Å². The van der Waals surface area contributed by atoms with Crippen LogP contribution in [0.25, 0.3) is 0 Å². The molecule has 3 saturated heterocycles. The van der Waals surface area contributed by atoms with E-state index in [2.05, 4.69) is 6.92 Å². The molecule has 1 N–H and O–H groups in total. The number of allylic oxidation sites excluding steroid dienone is 1. The molecule has 6 atom stereocenters. The third kappa shape index (κ3) is 2.80. The maximum absolute atomic E-state index is 14.4. The first-order valence-corrected chi connectivity index (χ1v) is 16.1. The Morgan fingerprint density at radius 1 is 1.22 bits per heavy atom. The lowest BCUT2D eigenvalue weighted by Crippen LogP contribution is -2.90. The lowest BCUT2D eigenvalue weighted by molar-refractivity contribution is -0.232. The molecule has 0 aromatic rings. The van der Waals surface area contributed by atoms with E-state index in [9.17, 15) is 19.5 Å². The van der Waals surface area contributed by atoms with Gasteiger partial charge >= 0.3 is 11.9 Å². The van der Waals surface area contributed by atoms with Crippen molar-refractivity contribution in [1.29, 1.82) is 0 Å². The molecule has 0 bridgehead atoms. The first-order valence-electron chi connectivity index (χ1n) is 12.3. The van der Waals surface area contributed by atoms with Gasteiger partial charge in [-0.2, -0.15) is 8.75 Å². The molecule has 204 valence electrons. The van der Waals surface area contributed by atoms with Crippen LogP contribution in [0.4, 0.5) is 0 Å². The predicted octanol–water partition coefficient (Wildman–Crippen LogP) is 3.05. The van der Waals surface area contributed by atoms with Crippen molar-refractivity contribution in [2.45, 2.75) is 93.0 Å². The Morgan fingerprint density at radius 2 is 1.89 bits per heavy atom. The van der Waals surface area contributed by atoms with Crippen molar-refractivity contribution < 1.29 is 38.4 Å². The zero-order chi connectivity index (χ0) is 27.0. The lowest BCUT2D eigenvalue weighted by atomic mass is 9.72. The third-order valence-electron chi connectivity index (χ3n) is 10.2. The van der Waals surface area contributed by atoms with E-state index in [-0.39, 0.29) is 18.1 Å². The van der Waals surface area contributed by atoms with Gasteiger partial charge in [-0.15, -0.1) is 11.8 Å². The molecule has 3 aliphatic heterocycles. The summed E-state index contributed by atoms with van der Waals surface area (Å²) in [7, 11) is -3.65. The van der Waals surface area contributed by atoms with Crippen molar-refractivity contribution in [3.05, 3.63) is 11.1 Å². The van der Waals surface area contributed by atoms with Gasteiger partial charge in [0.1, 0.15) is 6.10 Å². The number of hydrogen-bond acceptors (Lipinski definition) is 9. The standard InChI is InChI=1S/C26H40O8S2/c1-16-9-10-25(30)14-36(8,24(25,6)17(16)2)23(5,20(29)12-31-18(3)27)21(33-15-35-7)11-22-26(36,13-32-22)34-19(4)28/h21-22,30H,8-15H2,1-7H3/t21-,22+,23+,24?,25+,26+/m0/s1. The number of hydrogen-bond donors (Lipinski definition) is 1. The van der Waals surface area contributed by atoms with E-state index in [1.165, 1.54) is 25.6 Å². The quantitative estimate of drug-likeness (QED) is 0.224. The molecule has 8 nitrogen and oxygen atoms in total. The molecule has 4 rings (SSSR count). The second-order valence-electron chi connectivity index (χ2n) is 11.3. The predicted molar refractivity (Wildman–Crippen MR) is 143 cm³/mol. The van der Waals surface area contributed by atoms with Crippen molar-refractivity contribution in [2.75, 3.05) is 31.2 Å². The molecule has 4 aliphatic rings. The molecule has 0 saturated carbocycles. The smallest absolute Gasteiger partial charge is 0.304 e. The van der Waals surface area contributed by atoms with Crippen molar-refractivity contribution in [1.82, 2.24) is 0 Å². The normalized spacial score (nSPS) is 43.1. The Bertz CT molecular complexity index is 1120. The highest BCUT2D eigenvalue weighted by Gasteiger charge is 2.91. The fraction of sp³-hybridized carbons (Fsp3) is 0.769. The van der Waals surface area contributed by atoms with Crippen LogP contribution in [-0.4, -0.2) is 92.1 Å². The molecule has 3 fully saturated rings. The molecule has 0 aromatic carbocycles. The number of rotatable bonds is 7. The molecule has 36 heavy (non-hydrogen) atoms. The Kier molecular flexibility index (Phi) is 6.49. The van der Waals surface area contributed by atoms with Crippen LogP contribution >= 0.6 is 20.5 Å². The van der Waals surface area contributed by atoms with Crippen LogP contribution in [-0.2, 0) is 33.3 Å². The SMILES string of the molecule is C=S12(C[C@]3(O)CCC(C)=C(C)C31C)[C@]1(OC(C)=O)CO[C@@H]1C[C@H](OCSC)[C@@]2(C)C(=O)COC(C)=O. The van der Waals surface area contributed by atoms with Crippen LogP contribution in [0.3, 0.4) is 0 Å². The van der Waals surface area contributed by atoms with Gasteiger partial charge in [-0.05, 0) is 46.8 Å². The van der Waals surface area contributed by atoms with Gasteiger partial charge in [0.2, 0.25) is 0 Å². The summed E-state index contributed by atoms with van der Waals surface area (Å²) in [5.74, 6) is 4.23. The van der Waals surface area contributed by atoms with Gasteiger partial charge in [-0.3, -0.25) is 14.4 Å². The molecular weight excluding hydrogens is 504 g/mol. The Hall–Kier alpha value is -1.20. The highest BCUT2D eigenvalue weighted by atomic mass is 32.3. The second-order valence-corrected chi connectivity index (χ2v) is 17.5. The minimum atomic E-state index is -3.65. The van der Waals surface area contributed by atoms with Crippen LogP contribution in [0.5, 0.6) is 0 Å².